The number of aromatic nitrogens is 3. The van der Waals surface area contributed by atoms with E-state index in [9.17, 15) is 9.59 Å². The Morgan fingerprint density at radius 2 is 2.12 bits per heavy atom. The number of nitrogens with zero attached hydrogens (tertiary/aromatic N) is 4. The SMILES string of the molecule is CCc1ncc(C(=O)NC2CCN(c3nccn(C)c3=O)CC2)s1. The summed E-state index contributed by atoms with van der Waals surface area (Å²) in [6.45, 7) is 3.44. The molecule has 1 saturated heterocycles. The average Bonchev–Trinajstić information content (AvgIpc) is 3.07. The minimum Gasteiger partial charge on any atom is -0.352 e. The highest BCUT2D eigenvalue weighted by atomic mass is 32.1. The molecule has 8 heteroatoms. The lowest BCUT2D eigenvalue weighted by Gasteiger charge is -2.32. The van der Waals surface area contributed by atoms with Gasteiger partial charge < -0.3 is 14.8 Å². The highest BCUT2D eigenvalue weighted by molar-refractivity contribution is 7.13. The third kappa shape index (κ3) is 3.48. The van der Waals surface area contributed by atoms with E-state index >= 15 is 0 Å². The highest BCUT2D eigenvalue weighted by Crippen LogP contribution is 2.17. The van der Waals surface area contributed by atoms with Crippen LogP contribution < -0.4 is 15.8 Å². The predicted molar refractivity (Wildman–Crippen MR) is 93.7 cm³/mol. The van der Waals surface area contributed by atoms with Crippen molar-refractivity contribution in [2.24, 2.45) is 7.05 Å². The Kier molecular flexibility index (Phi) is 4.94. The number of aryl methyl sites for hydroxylation is 2. The van der Waals surface area contributed by atoms with Gasteiger partial charge in [0.2, 0.25) is 0 Å². The molecule has 24 heavy (non-hydrogen) atoms. The van der Waals surface area contributed by atoms with Crippen molar-refractivity contribution in [3.8, 4) is 0 Å². The average molecular weight is 347 g/mol. The zero-order valence-electron chi connectivity index (χ0n) is 13.9. The number of hydrogen-bond acceptors (Lipinski definition) is 6. The van der Waals surface area contributed by atoms with Crippen LogP contribution in [0.1, 0.15) is 34.4 Å². The minimum absolute atomic E-state index is 0.0561. The molecule has 128 valence electrons. The Morgan fingerprint density at radius 1 is 1.38 bits per heavy atom. The molecule has 0 radical (unpaired) electrons. The van der Waals surface area contributed by atoms with Crippen molar-refractivity contribution in [2.45, 2.75) is 32.2 Å². The molecule has 0 unspecified atom stereocenters. The molecule has 0 spiro atoms. The van der Waals surface area contributed by atoms with Gasteiger partial charge in [-0.3, -0.25) is 9.59 Å². The number of nitrogens with one attached hydrogen (secondary N) is 1. The monoisotopic (exact) mass is 347 g/mol. The molecule has 1 aliphatic rings. The van der Waals surface area contributed by atoms with Crippen LogP contribution in [0.25, 0.3) is 0 Å². The van der Waals surface area contributed by atoms with Crippen LogP contribution in [0.15, 0.2) is 23.4 Å². The number of piperidine rings is 1. The molecule has 7 nitrogen and oxygen atoms in total. The van der Waals surface area contributed by atoms with E-state index < -0.39 is 0 Å². The van der Waals surface area contributed by atoms with Crippen molar-refractivity contribution >= 4 is 23.1 Å². The van der Waals surface area contributed by atoms with Crippen molar-refractivity contribution < 1.29 is 4.79 Å². The largest absolute Gasteiger partial charge is 0.352 e. The van der Waals surface area contributed by atoms with E-state index in [1.807, 2.05) is 11.8 Å². The molecule has 3 rings (SSSR count). The molecule has 1 fully saturated rings. The van der Waals surface area contributed by atoms with Crippen molar-refractivity contribution in [1.29, 1.82) is 0 Å². The van der Waals surface area contributed by atoms with Gasteiger partial charge in [0.25, 0.3) is 11.5 Å². The second-order valence-electron chi connectivity index (χ2n) is 5.87. The fourth-order valence-electron chi connectivity index (χ4n) is 2.77. The van der Waals surface area contributed by atoms with E-state index in [-0.39, 0.29) is 17.5 Å². The molecular weight excluding hydrogens is 326 g/mol. The standard InChI is InChI=1S/C16H21N5O2S/c1-3-13-18-10-12(24-13)15(22)19-11-4-7-21(8-5-11)14-16(23)20(2)9-6-17-14/h6,9-11H,3-5,7-8H2,1-2H3,(H,19,22). The first kappa shape index (κ1) is 16.6. The van der Waals surface area contributed by atoms with E-state index in [1.165, 1.54) is 15.9 Å². The molecule has 1 amide bonds. The minimum atomic E-state index is -0.0864. The first-order valence-electron chi connectivity index (χ1n) is 8.10. The summed E-state index contributed by atoms with van der Waals surface area (Å²) in [7, 11) is 1.72. The lowest BCUT2D eigenvalue weighted by atomic mass is 10.1. The molecular formula is C16H21N5O2S. The molecule has 0 atom stereocenters. The van der Waals surface area contributed by atoms with Crippen molar-refractivity contribution in [2.75, 3.05) is 18.0 Å². The summed E-state index contributed by atoms with van der Waals surface area (Å²) in [4.78, 5) is 35.5. The summed E-state index contributed by atoms with van der Waals surface area (Å²) in [5, 5.41) is 4.04. The second kappa shape index (κ2) is 7.12. The van der Waals surface area contributed by atoms with Crippen molar-refractivity contribution in [3.05, 3.63) is 38.8 Å². The van der Waals surface area contributed by atoms with Gasteiger partial charge in [0.05, 0.1) is 11.2 Å². The Hall–Kier alpha value is -2.22. The Morgan fingerprint density at radius 3 is 2.79 bits per heavy atom. The molecule has 1 aliphatic heterocycles. The normalized spacial score (nSPS) is 15.5. The first-order valence-corrected chi connectivity index (χ1v) is 8.92. The summed E-state index contributed by atoms with van der Waals surface area (Å²) in [5.74, 6) is 0.430. The van der Waals surface area contributed by atoms with Gasteiger partial charge in [0.15, 0.2) is 5.82 Å². The summed E-state index contributed by atoms with van der Waals surface area (Å²) in [6, 6.07) is 0.119. The summed E-state index contributed by atoms with van der Waals surface area (Å²) in [6.07, 6.45) is 7.37. The Bertz CT molecular complexity index is 777. The van der Waals surface area contributed by atoms with Crippen LogP contribution in [0.5, 0.6) is 0 Å². The summed E-state index contributed by atoms with van der Waals surface area (Å²) in [5.41, 5.74) is -0.0864. The van der Waals surface area contributed by atoms with E-state index in [0.717, 1.165) is 24.3 Å². The summed E-state index contributed by atoms with van der Waals surface area (Å²) < 4.78 is 1.53. The lowest BCUT2D eigenvalue weighted by Crippen LogP contribution is -2.46. The highest BCUT2D eigenvalue weighted by Gasteiger charge is 2.24. The fourth-order valence-corrected chi connectivity index (χ4v) is 3.53. The van der Waals surface area contributed by atoms with Crippen LogP contribution in [0.2, 0.25) is 0 Å². The lowest BCUT2D eigenvalue weighted by molar-refractivity contribution is 0.0935. The zero-order chi connectivity index (χ0) is 17.1. The van der Waals surface area contributed by atoms with E-state index in [2.05, 4.69) is 15.3 Å². The zero-order valence-corrected chi connectivity index (χ0v) is 14.7. The molecule has 2 aromatic heterocycles. The number of carbonyl (C=O) groups is 1. The first-order chi connectivity index (χ1) is 11.6. The number of anilines is 1. The van der Waals surface area contributed by atoms with Gasteiger partial charge in [-0.1, -0.05) is 6.92 Å². The quantitative estimate of drug-likeness (QED) is 0.899. The summed E-state index contributed by atoms with van der Waals surface area (Å²) >= 11 is 1.44. The van der Waals surface area contributed by atoms with Gasteiger partial charge in [0, 0.05) is 38.6 Å². The number of hydrogen-bond donors (Lipinski definition) is 1. The second-order valence-corrected chi connectivity index (χ2v) is 6.99. The van der Waals surface area contributed by atoms with Crippen molar-refractivity contribution in [1.82, 2.24) is 19.9 Å². The maximum Gasteiger partial charge on any atom is 0.293 e. The van der Waals surface area contributed by atoms with Crippen LogP contribution in [0, 0.1) is 0 Å². The van der Waals surface area contributed by atoms with Gasteiger partial charge in [-0.15, -0.1) is 11.3 Å². The topological polar surface area (TPSA) is 80.1 Å². The van der Waals surface area contributed by atoms with Gasteiger partial charge in [-0.2, -0.15) is 0 Å². The van der Waals surface area contributed by atoms with Gasteiger partial charge in [0.1, 0.15) is 4.88 Å². The molecule has 2 aromatic rings. The molecule has 0 bridgehead atoms. The third-order valence-electron chi connectivity index (χ3n) is 4.21. The van der Waals surface area contributed by atoms with E-state index in [4.69, 9.17) is 0 Å². The molecule has 0 aliphatic carbocycles. The molecule has 0 saturated carbocycles. The number of amides is 1. The third-order valence-corrected chi connectivity index (χ3v) is 5.35. The van der Waals surface area contributed by atoms with E-state index in [0.29, 0.717) is 23.8 Å². The van der Waals surface area contributed by atoms with E-state index in [1.54, 1.807) is 25.6 Å². The smallest absolute Gasteiger partial charge is 0.293 e. The molecule has 0 aromatic carbocycles. The molecule has 3 heterocycles. The van der Waals surface area contributed by atoms with Gasteiger partial charge >= 0.3 is 0 Å². The maximum absolute atomic E-state index is 12.3. The maximum atomic E-state index is 12.3. The van der Waals surface area contributed by atoms with Crippen LogP contribution in [-0.2, 0) is 13.5 Å². The van der Waals surface area contributed by atoms with Crippen LogP contribution in [0.3, 0.4) is 0 Å². The van der Waals surface area contributed by atoms with Crippen molar-refractivity contribution in [3.63, 3.8) is 0 Å². The molecule has 1 N–H and O–H groups in total. The van der Waals surface area contributed by atoms with Gasteiger partial charge in [-0.25, -0.2) is 9.97 Å². The van der Waals surface area contributed by atoms with Crippen LogP contribution in [-0.4, -0.2) is 39.6 Å². The Balaban J connectivity index is 1.58. The fraction of sp³-hybridized carbons (Fsp3) is 0.500. The number of carbonyl (C=O) groups excluding carboxylic acids is 1. The Labute approximate surface area is 144 Å². The van der Waals surface area contributed by atoms with Crippen LogP contribution >= 0.6 is 11.3 Å². The number of thiazole rings is 1. The number of rotatable bonds is 4. The van der Waals surface area contributed by atoms with Gasteiger partial charge in [-0.05, 0) is 19.3 Å². The predicted octanol–water partition coefficient (Wildman–Crippen LogP) is 1.20. The van der Waals surface area contributed by atoms with Crippen LogP contribution in [0.4, 0.5) is 5.82 Å².